The van der Waals surface area contributed by atoms with Crippen molar-refractivity contribution < 1.29 is 4.79 Å². The number of aryl methyl sites for hydroxylation is 1. The van der Waals surface area contributed by atoms with Crippen LogP contribution in [0.4, 0.5) is 10.5 Å². The van der Waals surface area contributed by atoms with Gasteiger partial charge in [0.15, 0.2) is 0 Å². The predicted molar refractivity (Wildman–Crippen MR) is 103 cm³/mol. The summed E-state index contributed by atoms with van der Waals surface area (Å²) >= 11 is 5.94. The third kappa shape index (κ3) is 4.39. The second-order valence-corrected chi connectivity index (χ2v) is 6.96. The maximum atomic E-state index is 12.4. The first kappa shape index (κ1) is 18.1. The summed E-state index contributed by atoms with van der Waals surface area (Å²) in [6, 6.07) is 13.2. The molecule has 0 aromatic heterocycles. The van der Waals surface area contributed by atoms with E-state index in [0.717, 1.165) is 28.0 Å². The van der Waals surface area contributed by atoms with Gasteiger partial charge in [0.05, 0.1) is 5.54 Å². The lowest BCUT2D eigenvalue weighted by atomic mass is 9.92. The van der Waals surface area contributed by atoms with Gasteiger partial charge in [-0.2, -0.15) is 0 Å². The molecule has 2 rings (SSSR count). The average molecular weight is 343 g/mol. The Morgan fingerprint density at radius 2 is 1.88 bits per heavy atom. The van der Waals surface area contributed by atoms with Crippen LogP contribution in [0.3, 0.4) is 0 Å². The van der Waals surface area contributed by atoms with Crippen molar-refractivity contribution in [1.29, 1.82) is 0 Å². The van der Waals surface area contributed by atoms with Crippen LogP contribution in [0.1, 0.15) is 37.5 Å². The number of carbonyl (C=O) groups excluding carboxylic acids is 1. The number of allylic oxidation sites excluding steroid dienone is 1. The summed E-state index contributed by atoms with van der Waals surface area (Å²) in [5, 5.41) is 6.54. The summed E-state index contributed by atoms with van der Waals surface area (Å²) in [4.78, 5) is 12.4. The van der Waals surface area contributed by atoms with Crippen molar-refractivity contribution in [3.63, 3.8) is 0 Å². The maximum Gasteiger partial charge on any atom is 0.319 e. The van der Waals surface area contributed by atoms with Crippen LogP contribution in [0.15, 0.2) is 49.0 Å². The molecule has 3 nitrogen and oxygen atoms in total. The minimum absolute atomic E-state index is 0.258. The van der Waals surface area contributed by atoms with Crippen LogP contribution in [0, 0.1) is 6.92 Å². The third-order valence-electron chi connectivity index (χ3n) is 3.94. The highest BCUT2D eigenvalue weighted by molar-refractivity contribution is 6.30. The first-order valence-electron chi connectivity index (χ1n) is 7.81. The highest BCUT2D eigenvalue weighted by Crippen LogP contribution is 2.24. The summed E-state index contributed by atoms with van der Waals surface area (Å²) in [7, 11) is 0. The molecule has 0 heterocycles. The van der Waals surface area contributed by atoms with Crippen molar-refractivity contribution in [3.05, 3.63) is 70.8 Å². The Balaban J connectivity index is 2.14. The van der Waals surface area contributed by atoms with Crippen molar-refractivity contribution in [3.8, 4) is 0 Å². The fraction of sp³-hybridized carbons (Fsp3) is 0.250. The fourth-order valence-corrected chi connectivity index (χ4v) is 2.68. The van der Waals surface area contributed by atoms with Crippen molar-refractivity contribution in [2.75, 3.05) is 5.32 Å². The number of urea groups is 1. The molecule has 4 heteroatoms. The Kier molecular flexibility index (Phi) is 5.35. The van der Waals surface area contributed by atoms with Gasteiger partial charge in [-0.3, -0.25) is 0 Å². The first-order chi connectivity index (χ1) is 11.2. The van der Waals surface area contributed by atoms with Crippen molar-refractivity contribution >= 4 is 28.9 Å². The van der Waals surface area contributed by atoms with E-state index in [1.165, 1.54) is 0 Å². The lowest BCUT2D eigenvalue weighted by Gasteiger charge is -2.28. The van der Waals surface area contributed by atoms with Crippen LogP contribution < -0.4 is 10.6 Å². The van der Waals surface area contributed by atoms with Gasteiger partial charge < -0.3 is 10.6 Å². The van der Waals surface area contributed by atoms with Gasteiger partial charge >= 0.3 is 6.03 Å². The van der Waals surface area contributed by atoms with Gasteiger partial charge in [0, 0.05) is 10.7 Å². The molecule has 2 aromatic rings. The summed E-state index contributed by atoms with van der Waals surface area (Å²) in [5.41, 5.74) is 4.22. The molecule has 2 N–H and O–H groups in total. The average Bonchev–Trinajstić information content (AvgIpc) is 2.49. The molecule has 0 atom stereocenters. The smallest absolute Gasteiger partial charge is 0.319 e. The molecule has 0 saturated carbocycles. The lowest BCUT2D eigenvalue weighted by molar-refractivity contribution is 0.242. The van der Waals surface area contributed by atoms with E-state index in [0.29, 0.717) is 5.02 Å². The molecule has 0 radical (unpaired) electrons. The number of benzene rings is 2. The van der Waals surface area contributed by atoms with Gasteiger partial charge in [0.25, 0.3) is 0 Å². The SMILES string of the molecule is C=C(C)c1cccc(C(C)(C)NC(=O)Nc2ccc(Cl)cc2C)c1. The molecule has 0 unspecified atom stereocenters. The molecule has 0 fully saturated rings. The monoisotopic (exact) mass is 342 g/mol. The summed E-state index contributed by atoms with van der Waals surface area (Å²) in [5.74, 6) is 0. The molecule has 0 saturated heterocycles. The van der Waals surface area contributed by atoms with Crippen LogP contribution in [0.25, 0.3) is 5.57 Å². The fourth-order valence-electron chi connectivity index (χ4n) is 2.45. The topological polar surface area (TPSA) is 41.1 Å². The third-order valence-corrected chi connectivity index (χ3v) is 4.17. The largest absolute Gasteiger partial charge is 0.329 e. The van der Waals surface area contributed by atoms with Crippen LogP contribution in [0.5, 0.6) is 0 Å². The molecular weight excluding hydrogens is 320 g/mol. The Hall–Kier alpha value is -2.26. The molecule has 2 amide bonds. The highest BCUT2D eigenvalue weighted by atomic mass is 35.5. The Morgan fingerprint density at radius 3 is 2.50 bits per heavy atom. The molecule has 126 valence electrons. The number of nitrogens with one attached hydrogen (secondary N) is 2. The highest BCUT2D eigenvalue weighted by Gasteiger charge is 2.23. The van der Waals surface area contributed by atoms with Crippen LogP contribution in [-0.2, 0) is 5.54 Å². The zero-order valence-corrected chi connectivity index (χ0v) is 15.3. The quantitative estimate of drug-likeness (QED) is 0.731. The van der Waals surface area contributed by atoms with E-state index < -0.39 is 5.54 Å². The van der Waals surface area contributed by atoms with Gasteiger partial charge in [0.2, 0.25) is 0 Å². The van der Waals surface area contributed by atoms with E-state index in [4.69, 9.17) is 11.6 Å². The van der Waals surface area contributed by atoms with Crippen molar-refractivity contribution in [2.24, 2.45) is 0 Å². The van der Waals surface area contributed by atoms with Gasteiger partial charge in [-0.15, -0.1) is 0 Å². The molecule has 0 aliphatic carbocycles. The van der Waals surface area contributed by atoms with Crippen LogP contribution in [-0.4, -0.2) is 6.03 Å². The number of hydrogen-bond donors (Lipinski definition) is 2. The minimum Gasteiger partial charge on any atom is -0.329 e. The molecule has 0 aliphatic heterocycles. The normalized spacial score (nSPS) is 11.0. The molecule has 0 aliphatic rings. The second-order valence-electron chi connectivity index (χ2n) is 6.52. The summed E-state index contributed by atoms with van der Waals surface area (Å²) in [6.45, 7) is 11.8. The Morgan fingerprint density at radius 1 is 1.17 bits per heavy atom. The summed E-state index contributed by atoms with van der Waals surface area (Å²) < 4.78 is 0. The standard InChI is InChI=1S/C20H23ClN2O/c1-13(2)15-7-6-8-16(12-15)20(4,5)23-19(24)22-18-10-9-17(21)11-14(18)3/h6-12H,1H2,2-5H3,(H2,22,23,24). The van der Waals surface area contributed by atoms with E-state index in [2.05, 4.69) is 23.3 Å². The van der Waals surface area contributed by atoms with Crippen LogP contribution in [0.2, 0.25) is 5.02 Å². The van der Waals surface area contributed by atoms with E-state index in [9.17, 15) is 4.79 Å². The van der Waals surface area contributed by atoms with Gasteiger partial charge in [0.1, 0.15) is 0 Å². The molecule has 24 heavy (non-hydrogen) atoms. The zero-order valence-electron chi connectivity index (χ0n) is 14.5. The number of amides is 2. The lowest BCUT2D eigenvalue weighted by Crippen LogP contribution is -2.43. The minimum atomic E-state index is -0.518. The van der Waals surface area contributed by atoms with E-state index in [1.807, 2.05) is 52.0 Å². The van der Waals surface area contributed by atoms with E-state index in [-0.39, 0.29) is 6.03 Å². The summed E-state index contributed by atoms with van der Waals surface area (Å²) in [6.07, 6.45) is 0. The molecule has 0 bridgehead atoms. The molecule has 0 spiro atoms. The van der Waals surface area contributed by atoms with Crippen molar-refractivity contribution in [1.82, 2.24) is 5.32 Å². The Bertz CT molecular complexity index is 781. The molecular formula is C20H23ClN2O. The second kappa shape index (κ2) is 7.10. The van der Waals surface area contributed by atoms with E-state index >= 15 is 0 Å². The first-order valence-corrected chi connectivity index (χ1v) is 8.18. The number of rotatable bonds is 4. The zero-order chi connectivity index (χ0) is 17.9. The number of halogens is 1. The van der Waals surface area contributed by atoms with Crippen molar-refractivity contribution in [2.45, 2.75) is 33.2 Å². The maximum absolute atomic E-state index is 12.4. The number of hydrogen-bond acceptors (Lipinski definition) is 1. The molecule has 2 aromatic carbocycles. The van der Waals surface area contributed by atoms with Gasteiger partial charge in [-0.1, -0.05) is 42.0 Å². The number of carbonyl (C=O) groups is 1. The predicted octanol–water partition coefficient (Wildman–Crippen LogP) is 5.74. The van der Waals surface area contributed by atoms with Gasteiger partial charge in [-0.25, -0.2) is 4.79 Å². The van der Waals surface area contributed by atoms with Gasteiger partial charge in [-0.05, 0) is 68.7 Å². The van der Waals surface area contributed by atoms with Crippen LogP contribution >= 0.6 is 11.6 Å². The Labute approximate surface area is 148 Å². The number of anilines is 1. The van der Waals surface area contributed by atoms with E-state index in [1.54, 1.807) is 12.1 Å².